The summed E-state index contributed by atoms with van der Waals surface area (Å²) < 4.78 is 5.40. The molecule has 0 aliphatic carbocycles. The number of hydrogen-bond acceptors (Lipinski definition) is 3. The lowest BCUT2D eigenvalue weighted by atomic mass is 10.1. The third kappa shape index (κ3) is 5.78. The lowest BCUT2D eigenvalue weighted by Crippen LogP contribution is -2.42. The number of rotatable bonds is 6. The predicted molar refractivity (Wildman–Crippen MR) is 83.0 cm³/mol. The summed E-state index contributed by atoms with van der Waals surface area (Å²) in [7, 11) is 0. The van der Waals surface area contributed by atoms with E-state index in [-0.39, 0.29) is 17.9 Å². The maximum atomic E-state index is 12.1. The highest BCUT2D eigenvalue weighted by molar-refractivity contribution is 5.79. The van der Waals surface area contributed by atoms with Crippen molar-refractivity contribution >= 4 is 12.0 Å². The van der Waals surface area contributed by atoms with Gasteiger partial charge < -0.3 is 14.5 Å². The van der Waals surface area contributed by atoms with Gasteiger partial charge in [-0.2, -0.15) is 0 Å². The van der Waals surface area contributed by atoms with Crippen molar-refractivity contribution in [2.45, 2.75) is 46.1 Å². The fourth-order valence-corrected chi connectivity index (χ4v) is 2.31. The minimum atomic E-state index is -0.500. The molecule has 120 valence electrons. The molecule has 5 heteroatoms. The summed E-state index contributed by atoms with van der Waals surface area (Å²) in [6.45, 7) is 13.7. The van der Waals surface area contributed by atoms with Crippen LogP contribution >= 0.6 is 0 Å². The Bertz CT molecular complexity index is 387. The zero-order valence-corrected chi connectivity index (χ0v) is 13.7. The second-order valence-electron chi connectivity index (χ2n) is 6.51. The van der Waals surface area contributed by atoms with Gasteiger partial charge in [-0.05, 0) is 27.2 Å². The van der Waals surface area contributed by atoms with Crippen molar-refractivity contribution in [3.63, 3.8) is 0 Å². The highest BCUT2D eigenvalue weighted by atomic mass is 16.6. The summed E-state index contributed by atoms with van der Waals surface area (Å²) in [5.74, 6) is 0.374. The Hall–Kier alpha value is -1.52. The third-order valence-corrected chi connectivity index (χ3v) is 3.36. The first-order valence-electron chi connectivity index (χ1n) is 7.65. The molecule has 21 heavy (non-hydrogen) atoms. The van der Waals surface area contributed by atoms with E-state index in [1.54, 1.807) is 9.80 Å². The van der Waals surface area contributed by atoms with E-state index in [2.05, 4.69) is 6.58 Å². The first-order chi connectivity index (χ1) is 9.76. The first-order valence-corrected chi connectivity index (χ1v) is 7.65. The van der Waals surface area contributed by atoms with Gasteiger partial charge in [0.25, 0.3) is 0 Å². The Labute approximate surface area is 127 Å². The molecule has 1 unspecified atom stereocenters. The van der Waals surface area contributed by atoms with Gasteiger partial charge in [-0.25, -0.2) is 4.79 Å². The van der Waals surface area contributed by atoms with Gasteiger partial charge in [-0.1, -0.05) is 13.0 Å². The zero-order chi connectivity index (χ0) is 16.0. The minimum absolute atomic E-state index is 0.139. The van der Waals surface area contributed by atoms with Crippen LogP contribution in [-0.2, 0) is 9.53 Å². The number of ether oxygens (including phenoxy) is 1. The molecule has 1 heterocycles. The van der Waals surface area contributed by atoms with Crippen molar-refractivity contribution in [2.24, 2.45) is 5.92 Å². The van der Waals surface area contributed by atoms with Crippen molar-refractivity contribution in [3.8, 4) is 0 Å². The molecule has 1 saturated heterocycles. The van der Waals surface area contributed by atoms with Gasteiger partial charge in [-0.15, -0.1) is 6.58 Å². The molecule has 5 nitrogen and oxygen atoms in total. The van der Waals surface area contributed by atoms with Crippen molar-refractivity contribution in [2.75, 3.05) is 26.2 Å². The van der Waals surface area contributed by atoms with E-state index in [0.717, 1.165) is 6.42 Å². The fraction of sp³-hybridized carbons (Fsp3) is 0.750. The molecule has 0 bridgehead atoms. The van der Waals surface area contributed by atoms with Crippen LogP contribution in [0.3, 0.4) is 0 Å². The molecular formula is C16H28N2O3. The molecule has 0 radical (unpaired) electrons. The van der Waals surface area contributed by atoms with Gasteiger partial charge in [0.15, 0.2) is 0 Å². The Balaban J connectivity index is 2.53. The molecule has 1 fully saturated rings. The van der Waals surface area contributed by atoms with Crippen LogP contribution in [0.15, 0.2) is 12.7 Å². The highest BCUT2D eigenvalue weighted by Gasteiger charge is 2.28. The van der Waals surface area contributed by atoms with E-state index in [1.807, 2.05) is 33.8 Å². The molecule has 2 amide bonds. The number of nitrogens with zero attached hydrogens (tertiary/aromatic N) is 2. The second-order valence-corrected chi connectivity index (χ2v) is 6.51. The van der Waals surface area contributed by atoms with E-state index in [9.17, 15) is 9.59 Å². The number of carbonyl (C=O) groups excluding carboxylic acids is 2. The summed E-state index contributed by atoms with van der Waals surface area (Å²) >= 11 is 0. The molecule has 0 aromatic rings. The summed E-state index contributed by atoms with van der Waals surface area (Å²) in [4.78, 5) is 27.5. The Morgan fingerprint density at radius 3 is 2.62 bits per heavy atom. The largest absolute Gasteiger partial charge is 0.444 e. The molecule has 1 rings (SSSR count). The normalized spacial score (nSPS) is 18.8. The third-order valence-electron chi connectivity index (χ3n) is 3.36. The van der Waals surface area contributed by atoms with Crippen LogP contribution in [0.1, 0.15) is 40.5 Å². The summed E-state index contributed by atoms with van der Waals surface area (Å²) in [6, 6.07) is 0. The van der Waals surface area contributed by atoms with Crippen LogP contribution in [0.4, 0.5) is 4.79 Å². The van der Waals surface area contributed by atoms with Gasteiger partial charge >= 0.3 is 6.09 Å². The second kappa shape index (κ2) is 7.48. The van der Waals surface area contributed by atoms with Crippen LogP contribution in [0.2, 0.25) is 0 Å². The predicted octanol–water partition coefficient (Wildman–Crippen LogP) is 2.67. The molecule has 0 aromatic carbocycles. The van der Waals surface area contributed by atoms with Crippen LogP contribution < -0.4 is 0 Å². The monoisotopic (exact) mass is 296 g/mol. The number of amides is 2. The van der Waals surface area contributed by atoms with Crippen molar-refractivity contribution in [3.05, 3.63) is 12.7 Å². The lowest BCUT2D eigenvalue weighted by Gasteiger charge is -2.28. The first kappa shape index (κ1) is 17.5. The van der Waals surface area contributed by atoms with Gasteiger partial charge in [0.2, 0.25) is 5.91 Å². The van der Waals surface area contributed by atoms with E-state index >= 15 is 0 Å². The Morgan fingerprint density at radius 2 is 2.14 bits per heavy atom. The standard InChI is InChI=1S/C16H28N2O3/c1-6-8-17(15(20)21-16(3,4)5)9-10-18-12-13(7-2)11-14(18)19/h7,13H,2,6,8-12H2,1,3-5H3. The summed E-state index contributed by atoms with van der Waals surface area (Å²) in [5.41, 5.74) is -0.500. The quantitative estimate of drug-likeness (QED) is 0.708. The van der Waals surface area contributed by atoms with Gasteiger partial charge in [0.1, 0.15) is 5.60 Å². The maximum Gasteiger partial charge on any atom is 0.410 e. The van der Waals surface area contributed by atoms with E-state index in [0.29, 0.717) is 32.6 Å². The highest BCUT2D eigenvalue weighted by Crippen LogP contribution is 2.18. The van der Waals surface area contributed by atoms with Crippen LogP contribution in [0.5, 0.6) is 0 Å². The number of likely N-dealkylation sites (tertiary alicyclic amines) is 1. The van der Waals surface area contributed by atoms with Gasteiger partial charge in [-0.3, -0.25) is 4.79 Å². The molecule has 0 N–H and O–H groups in total. The zero-order valence-electron chi connectivity index (χ0n) is 13.7. The van der Waals surface area contributed by atoms with Gasteiger partial charge in [0, 0.05) is 38.5 Å². The SMILES string of the molecule is C=CC1CC(=O)N(CCN(CCC)C(=O)OC(C)(C)C)C1. The average molecular weight is 296 g/mol. The molecular weight excluding hydrogens is 268 g/mol. The molecule has 0 saturated carbocycles. The molecule has 1 atom stereocenters. The molecule has 0 aromatic heterocycles. The Morgan fingerprint density at radius 1 is 1.48 bits per heavy atom. The fourth-order valence-electron chi connectivity index (χ4n) is 2.31. The molecule has 1 aliphatic rings. The maximum absolute atomic E-state index is 12.1. The van der Waals surface area contributed by atoms with Crippen molar-refractivity contribution in [1.82, 2.24) is 9.80 Å². The average Bonchev–Trinajstić information content (AvgIpc) is 2.73. The summed E-state index contributed by atoms with van der Waals surface area (Å²) in [6.07, 6.45) is 2.91. The van der Waals surface area contributed by atoms with Crippen molar-refractivity contribution in [1.29, 1.82) is 0 Å². The number of hydrogen-bond donors (Lipinski definition) is 0. The Kier molecular flexibility index (Phi) is 6.24. The van der Waals surface area contributed by atoms with E-state index in [1.165, 1.54) is 0 Å². The topological polar surface area (TPSA) is 49.9 Å². The lowest BCUT2D eigenvalue weighted by molar-refractivity contribution is -0.127. The smallest absolute Gasteiger partial charge is 0.410 e. The summed E-state index contributed by atoms with van der Waals surface area (Å²) in [5, 5.41) is 0. The molecule has 1 aliphatic heterocycles. The van der Waals surface area contributed by atoms with Crippen LogP contribution in [0.25, 0.3) is 0 Å². The van der Waals surface area contributed by atoms with Gasteiger partial charge in [0.05, 0.1) is 0 Å². The van der Waals surface area contributed by atoms with E-state index in [4.69, 9.17) is 4.74 Å². The minimum Gasteiger partial charge on any atom is -0.444 e. The van der Waals surface area contributed by atoms with Crippen molar-refractivity contribution < 1.29 is 14.3 Å². The number of carbonyl (C=O) groups is 2. The van der Waals surface area contributed by atoms with Crippen LogP contribution in [0, 0.1) is 5.92 Å². The van der Waals surface area contributed by atoms with Crippen LogP contribution in [-0.4, -0.2) is 53.6 Å². The van der Waals surface area contributed by atoms with E-state index < -0.39 is 5.60 Å². The molecule has 0 spiro atoms.